The van der Waals surface area contributed by atoms with Crippen molar-refractivity contribution in [2.75, 3.05) is 5.73 Å². The van der Waals surface area contributed by atoms with Gasteiger partial charge in [-0.05, 0) is 24.8 Å². The van der Waals surface area contributed by atoms with E-state index in [1.165, 1.54) is 18.2 Å². The molecule has 0 spiro atoms. The van der Waals surface area contributed by atoms with Crippen LogP contribution in [0.3, 0.4) is 0 Å². The van der Waals surface area contributed by atoms with Gasteiger partial charge in [0.15, 0.2) is 17.7 Å². The van der Waals surface area contributed by atoms with Crippen molar-refractivity contribution in [1.29, 1.82) is 0 Å². The van der Waals surface area contributed by atoms with Crippen LogP contribution >= 0.6 is 0 Å². The molecule has 2 aromatic heterocycles. The molecule has 3 aromatic rings. The van der Waals surface area contributed by atoms with Crippen LogP contribution in [0.5, 0.6) is 0 Å². The minimum absolute atomic E-state index is 0.268. The van der Waals surface area contributed by atoms with E-state index in [0.717, 1.165) is 19.3 Å². The first-order valence-electron chi connectivity index (χ1n) is 9.13. The second-order valence-electron chi connectivity index (χ2n) is 6.86. The Labute approximate surface area is 156 Å². The number of nitrogen functional groups attached to an aromatic ring is 1. The second-order valence-corrected chi connectivity index (χ2v) is 6.86. The first kappa shape index (κ1) is 17.8. The Balaban J connectivity index is 1.39. The SMILES string of the molecule is Nc1ncnc2c1ncn2[C@@H]1O[C@H](CCCCc2ccccc2)[C@@H](O)[C@H]1O. The van der Waals surface area contributed by atoms with E-state index < -0.39 is 24.5 Å². The molecule has 0 saturated carbocycles. The lowest BCUT2D eigenvalue weighted by Crippen LogP contribution is -2.31. The van der Waals surface area contributed by atoms with Gasteiger partial charge in [-0.3, -0.25) is 4.57 Å². The lowest BCUT2D eigenvalue weighted by molar-refractivity contribution is -0.0374. The van der Waals surface area contributed by atoms with Crippen molar-refractivity contribution >= 4 is 17.0 Å². The molecule has 4 N–H and O–H groups in total. The number of aromatic nitrogens is 4. The Hall–Kier alpha value is -2.55. The quantitative estimate of drug-likeness (QED) is 0.562. The van der Waals surface area contributed by atoms with Gasteiger partial charge in [-0.1, -0.05) is 36.8 Å². The molecule has 1 aliphatic rings. The molecular weight excluding hydrogens is 346 g/mol. The minimum atomic E-state index is -1.06. The number of aryl methyl sites for hydroxylation is 1. The zero-order valence-electron chi connectivity index (χ0n) is 14.8. The standard InChI is InChI=1S/C19H23N5O3/c20-17-14-18(22-10-21-17)24(11-23-14)19-16(26)15(25)13(27-19)9-5-4-8-12-6-2-1-3-7-12/h1-3,6-7,10-11,13,15-16,19,25-26H,4-5,8-9H2,(H2,20,21,22)/t13-,15-,16-,19-/m1/s1. The van der Waals surface area contributed by atoms with Crippen molar-refractivity contribution in [1.82, 2.24) is 19.5 Å². The van der Waals surface area contributed by atoms with Crippen LogP contribution in [0.25, 0.3) is 11.2 Å². The van der Waals surface area contributed by atoms with Crippen LogP contribution in [0.15, 0.2) is 43.0 Å². The Bertz CT molecular complexity index is 901. The van der Waals surface area contributed by atoms with Gasteiger partial charge in [0.1, 0.15) is 24.1 Å². The topological polar surface area (TPSA) is 119 Å². The van der Waals surface area contributed by atoms with Crippen molar-refractivity contribution in [3.63, 3.8) is 0 Å². The number of nitrogens with two attached hydrogens (primary N) is 1. The third kappa shape index (κ3) is 3.51. The van der Waals surface area contributed by atoms with Crippen molar-refractivity contribution in [3.8, 4) is 0 Å². The molecule has 1 fully saturated rings. The fourth-order valence-corrected chi connectivity index (χ4v) is 3.57. The van der Waals surface area contributed by atoms with E-state index >= 15 is 0 Å². The number of hydrogen-bond donors (Lipinski definition) is 3. The Kier molecular flexibility index (Phi) is 5.02. The highest BCUT2D eigenvalue weighted by Gasteiger charge is 2.43. The first-order chi connectivity index (χ1) is 13.1. The first-order valence-corrected chi connectivity index (χ1v) is 9.13. The van der Waals surface area contributed by atoms with Gasteiger partial charge < -0.3 is 20.7 Å². The molecule has 3 heterocycles. The molecule has 0 radical (unpaired) electrons. The summed E-state index contributed by atoms with van der Waals surface area (Å²) >= 11 is 0. The second kappa shape index (κ2) is 7.59. The van der Waals surface area contributed by atoms with Crippen LogP contribution in [0.1, 0.15) is 31.1 Å². The number of aliphatic hydroxyl groups excluding tert-OH is 2. The monoisotopic (exact) mass is 369 g/mol. The highest BCUT2D eigenvalue weighted by atomic mass is 16.6. The fourth-order valence-electron chi connectivity index (χ4n) is 3.57. The smallest absolute Gasteiger partial charge is 0.167 e. The summed E-state index contributed by atoms with van der Waals surface area (Å²) in [5.41, 5.74) is 8.03. The van der Waals surface area contributed by atoms with Gasteiger partial charge in [0.05, 0.1) is 12.4 Å². The van der Waals surface area contributed by atoms with E-state index in [4.69, 9.17) is 10.5 Å². The van der Waals surface area contributed by atoms with Crippen molar-refractivity contribution in [2.45, 2.75) is 50.2 Å². The summed E-state index contributed by atoms with van der Waals surface area (Å²) in [6, 6.07) is 10.3. The largest absolute Gasteiger partial charge is 0.388 e. The number of imidazole rings is 1. The van der Waals surface area contributed by atoms with Crippen LogP contribution in [-0.2, 0) is 11.2 Å². The summed E-state index contributed by atoms with van der Waals surface area (Å²) in [7, 11) is 0. The molecule has 0 aliphatic carbocycles. The highest BCUT2D eigenvalue weighted by molar-refractivity contribution is 5.81. The van der Waals surface area contributed by atoms with E-state index in [0.29, 0.717) is 17.6 Å². The molecule has 8 nitrogen and oxygen atoms in total. The van der Waals surface area contributed by atoms with Gasteiger partial charge in [0.2, 0.25) is 0 Å². The number of nitrogens with zero attached hydrogens (tertiary/aromatic N) is 4. The number of unbranched alkanes of at least 4 members (excludes halogenated alkanes) is 1. The Morgan fingerprint density at radius 2 is 1.85 bits per heavy atom. The number of fused-ring (bicyclic) bond motifs is 1. The average Bonchev–Trinajstić information content (AvgIpc) is 3.23. The predicted octanol–water partition coefficient (Wildman–Crippen LogP) is 1.44. The molecule has 0 bridgehead atoms. The van der Waals surface area contributed by atoms with Gasteiger partial charge in [0, 0.05) is 0 Å². The van der Waals surface area contributed by atoms with E-state index in [9.17, 15) is 10.2 Å². The Morgan fingerprint density at radius 3 is 2.67 bits per heavy atom. The number of hydrogen-bond acceptors (Lipinski definition) is 7. The predicted molar refractivity (Wildman–Crippen MR) is 99.7 cm³/mol. The molecule has 142 valence electrons. The van der Waals surface area contributed by atoms with Gasteiger partial charge in [0.25, 0.3) is 0 Å². The molecule has 27 heavy (non-hydrogen) atoms. The minimum Gasteiger partial charge on any atom is -0.388 e. The number of ether oxygens (including phenoxy) is 1. The Morgan fingerprint density at radius 1 is 1.04 bits per heavy atom. The van der Waals surface area contributed by atoms with Crippen LogP contribution in [0, 0.1) is 0 Å². The molecule has 0 unspecified atom stereocenters. The maximum atomic E-state index is 10.5. The zero-order chi connectivity index (χ0) is 18.8. The van der Waals surface area contributed by atoms with Gasteiger partial charge in [-0.15, -0.1) is 0 Å². The zero-order valence-corrected chi connectivity index (χ0v) is 14.8. The molecule has 1 aromatic carbocycles. The fraction of sp³-hybridized carbons (Fsp3) is 0.421. The van der Waals surface area contributed by atoms with Gasteiger partial charge >= 0.3 is 0 Å². The lowest BCUT2D eigenvalue weighted by atomic mass is 10.0. The molecule has 0 amide bonds. The summed E-state index contributed by atoms with van der Waals surface area (Å²) in [4.78, 5) is 12.3. The van der Waals surface area contributed by atoms with Crippen molar-refractivity contribution in [2.24, 2.45) is 0 Å². The van der Waals surface area contributed by atoms with Crippen LogP contribution < -0.4 is 5.73 Å². The van der Waals surface area contributed by atoms with Crippen LogP contribution in [-0.4, -0.2) is 48.0 Å². The molecule has 1 saturated heterocycles. The van der Waals surface area contributed by atoms with E-state index in [1.807, 2.05) is 18.2 Å². The average molecular weight is 369 g/mol. The van der Waals surface area contributed by atoms with Crippen LogP contribution in [0.2, 0.25) is 0 Å². The molecule has 4 atom stereocenters. The van der Waals surface area contributed by atoms with Crippen molar-refractivity contribution < 1.29 is 14.9 Å². The van der Waals surface area contributed by atoms with Crippen molar-refractivity contribution in [3.05, 3.63) is 48.5 Å². The van der Waals surface area contributed by atoms with E-state index in [2.05, 4.69) is 27.1 Å². The molecule has 1 aliphatic heterocycles. The van der Waals surface area contributed by atoms with E-state index in [-0.39, 0.29) is 5.82 Å². The molecule has 8 heteroatoms. The highest BCUT2D eigenvalue weighted by Crippen LogP contribution is 2.33. The molecule has 4 rings (SSSR count). The third-order valence-electron chi connectivity index (χ3n) is 5.05. The normalized spacial score (nSPS) is 25.3. The summed E-state index contributed by atoms with van der Waals surface area (Å²) in [5, 5.41) is 20.9. The van der Waals surface area contributed by atoms with E-state index in [1.54, 1.807) is 4.57 Å². The summed E-state index contributed by atoms with van der Waals surface area (Å²) < 4.78 is 7.55. The third-order valence-corrected chi connectivity index (χ3v) is 5.05. The number of rotatable bonds is 6. The lowest BCUT2D eigenvalue weighted by Gasteiger charge is -2.16. The maximum absolute atomic E-state index is 10.5. The summed E-state index contributed by atoms with van der Waals surface area (Å²) in [5.74, 6) is 0.268. The summed E-state index contributed by atoms with van der Waals surface area (Å²) in [6.07, 6.45) is 3.20. The number of anilines is 1. The van der Waals surface area contributed by atoms with Gasteiger partial charge in [-0.25, -0.2) is 15.0 Å². The number of aliphatic hydroxyl groups is 2. The summed E-state index contributed by atoms with van der Waals surface area (Å²) in [6.45, 7) is 0. The number of benzene rings is 1. The molecular formula is C19H23N5O3. The maximum Gasteiger partial charge on any atom is 0.167 e. The van der Waals surface area contributed by atoms with Gasteiger partial charge in [-0.2, -0.15) is 0 Å². The van der Waals surface area contributed by atoms with Crippen LogP contribution in [0.4, 0.5) is 5.82 Å².